The van der Waals surface area contributed by atoms with E-state index in [1.165, 1.54) is 18.5 Å². The molecule has 0 aliphatic carbocycles. The molecule has 0 bridgehead atoms. The molecule has 2 aromatic heterocycles. The van der Waals surface area contributed by atoms with Crippen LogP contribution in [0.1, 0.15) is 26.7 Å². The van der Waals surface area contributed by atoms with Gasteiger partial charge >= 0.3 is 5.91 Å². The third kappa shape index (κ3) is 4.01. The number of hydrazine groups is 1. The van der Waals surface area contributed by atoms with Crippen LogP contribution in [0.2, 0.25) is 15.3 Å². The van der Waals surface area contributed by atoms with Crippen LogP contribution < -0.4 is 10.9 Å². The van der Waals surface area contributed by atoms with Gasteiger partial charge in [0.15, 0.2) is 10.9 Å². The summed E-state index contributed by atoms with van der Waals surface area (Å²) in [6.45, 7) is 0.248. The highest BCUT2D eigenvalue weighted by atomic mass is 35.5. The Morgan fingerprint density at radius 2 is 1.77 bits per heavy atom. The molecule has 2 heterocycles. The van der Waals surface area contributed by atoms with E-state index in [0.717, 1.165) is 0 Å². The number of imidazole rings is 1. The maximum absolute atomic E-state index is 12.1. The fraction of sp³-hybridized carbons (Fsp3) is 0.0625. The molecular weight excluding hydrogens is 403 g/mol. The molecule has 3 aromatic rings. The van der Waals surface area contributed by atoms with Gasteiger partial charge in [0.25, 0.3) is 5.91 Å². The predicted molar refractivity (Wildman–Crippen MR) is 96.4 cm³/mol. The highest BCUT2D eigenvalue weighted by Gasteiger charge is 2.15. The molecule has 0 atom stereocenters. The van der Waals surface area contributed by atoms with Crippen molar-refractivity contribution in [3.63, 3.8) is 0 Å². The molecule has 134 valence electrons. The predicted octanol–water partition coefficient (Wildman–Crippen LogP) is 3.56. The molecular formula is C16H11Cl3N4O3. The van der Waals surface area contributed by atoms with Crippen molar-refractivity contribution in [3.05, 3.63) is 75.1 Å². The van der Waals surface area contributed by atoms with Crippen LogP contribution in [0, 0.1) is 0 Å². The average Bonchev–Trinajstić information content (AvgIpc) is 3.22. The van der Waals surface area contributed by atoms with Crippen LogP contribution in [-0.4, -0.2) is 21.4 Å². The number of furan rings is 1. The number of amides is 2. The van der Waals surface area contributed by atoms with Crippen molar-refractivity contribution in [2.75, 3.05) is 0 Å². The van der Waals surface area contributed by atoms with Gasteiger partial charge in [-0.15, -0.1) is 0 Å². The molecule has 0 aliphatic heterocycles. The first kappa shape index (κ1) is 18.3. The van der Waals surface area contributed by atoms with E-state index in [4.69, 9.17) is 39.2 Å². The summed E-state index contributed by atoms with van der Waals surface area (Å²) in [4.78, 5) is 27.9. The number of hydrogen-bond acceptors (Lipinski definition) is 4. The lowest BCUT2D eigenvalue weighted by Crippen LogP contribution is -2.41. The number of rotatable bonds is 4. The van der Waals surface area contributed by atoms with E-state index in [9.17, 15) is 9.59 Å². The summed E-state index contributed by atoms with van der Waals surface area (Å²) >= 11 is 17.7. The molecule has 1 aromatic carbocycles. The van der Waals surface area contributed by atoms with Crippen LogP contribution in [0.5, 0.6) is 0 Å². The molecule has 0 unspecified atom stereocenters. The smallest absolute Gasteiger partial charge is 0.305 e. The van der Waals surface area contributed by atoms with Crippen molar-refractivity contribution in [3.8, 4) is 0 Å². The minimum absolute atomic E-state index is 0.0155. The number of halogens is 3. The van der Waals surface area contributed by atoms with Crippen molar-refractivity contribution in [2.24, 2.45) is 0 Å². The number of nitrogens with zero attached hydrogens (tertiary/aromatic N) is 2. The molecule has 2 amide bonds. The Balaban J connectivity index is 1.61. The summed E-state index contributed by atoms with van der Waals surface area (Å²) in [5.41, 5.74) is 4.77. The van der Waals surface area contributed by atoms with Crippen molar-refractivity contribution in [1.29, 1.82) is 0 Å². The van der Waals surface area contributed by atoms with Gasteiger partial charge in [-0.3, -0.25) is 20.4 Å². The van der Waals surface area contributed by atoms with E-state index in [2.05, 4.69) is 15.8 Å². The summed E-state index contributed by atoms with van der Waals surface area (Å²) in [6.07, 6.45) is 1.46. The second kappa shape index (κ2) is 7.82. The number of carbonyl (C=O) groups is 2. The molecule has 10 heteroatoms. The molecule has 0 fully saturated rings. The van der Waals surface area contributed by atoms with Gasteiger partial charge in [-0.25, -0.2) is 4.98 Å². The summed E-state index contributed by atoms with van der Waals surface area (Å²) in [5, 5.41) is 0.718. The Morgan fingerprint density at radius 1 is 1.04 bits per heavy atom. The first-order valence-electron chi connectivity index (χ1n) is 7.25. The van der Waals surface area contributed by atoms with Gasteiger partial charge in [-0.05, 0) is 24.3 Å². The zero-order chi connectivity index (χ0) is 18.7. The summed E-state index contributed by atoms with van der Waals surface area (Å²) in [6, 6.07) is 9.55. The van der Waals surface area contributed by atoms with Crippen molar-refractivity contribution in [1.82, 2.24) is 20.4 Å². The maximum atomic E-state index is 12.1. The minimum atomic E-state index is -0.619. The quantitative estimate of drug-likeness (QED) is 0.640. The van der Waals surface area contributed by atoms with Gasteiger partial charge in [-0.2, -0.15) is 0 Å². The number of hydrogen-bond donors (Lipinski definition) is 2. The van der Waals surface area contributed by atoms with Crippen LogP contribution in [-0.2, 0) is 6.54 Å². The molecule has 2 N–H and O–H groups in total. The van der Waals surface area contributed by atoms with E-state index in [-0.39, 0.29) is 33.2 Å². The maximum Gasteiger partial charge on any atom is 0.305 e. The topological polar surface area (TPSA) is 89.2 Å². The van der Waals surface area contributed by atoms with Crippen molar-refractivity contribution in [2.45, 2.75) is 6.54 Å². The highest BCUT2D eigenvalue weighted by molar-refractivity contribution is 6.40. The second-order valence-corrected chi connectivity index (χ2v) is 6.23. The second-order valence-electron chi connectivity index (χ2n) is 5.11. The fourth-order valence-corrected chi connectivity index (χ4v) is 2.62. The summed E-state index contributed by atoms with van der Waals surface area (Å²) in [7, 11) is 0. The summed E-state index contributed by atoms with van der Waals surface area (Å²) < 4.78 is 6.99. The van der Waals surface area contributed by atoms with Crippen LogP contribution in [0.15, 0.2) is 47.1 Å². The first-order chi connectivity index (χ1) is 12.5. The van der Waals surface area contributed by atoms with Gasteiger partial charge in [0.1, 0.15) is 10.9 Å². The molecule has 0 saturated heterocycles. The van der Waals surface area contributed by atoms with E-state index >= 15 is 0 Å². The normalized spacial score (nSPS) is 10.6. The lowest BCUT2D eigenvalue weighted by atomic mass is 10.2. The van der Waals surface area contributed by atoms with Crippen molar-refractivity contribution < 1.29 is 14.0 Å². The standard InChI is InChI=1S/C16H11Cl3N4O3/c17-11-4-2-1-3-10(11)15(24)21-22-16(25)12-6-5-9(26-12)7-23-8-20-13(18)14(23)19/h1-6,8H,7H2,(H,21,24)(H,22,25). The average molecular weight is 414 g/mol. The van der Waals surface area contributed by atoms with Crippen LogP contribution in [0.3, 0.4) is 0 Å². The van der Waals surface area contributed by atoms with E-state index in [1.807, 2.05) is 0 Å². The lowest BCUT2D eigenvalue weighted by Gasteiger charge is -2.07. The van der Waals surface area contributed by atoms with Gasteiger partial charge in [0, 0.05) is 0 Å². The molecule has 0 aliphatic rings. The molecule has 3 rings (SSSR count). The molecule has 0 radical (unpaired) electrons. The Kier molecular flexibility index (Phi) is 5.51. The first-order valence-corrected chi connectivity index (χ1v) is 8.39. The number of aromatic nitrogens is 2. The zero-order valence-corrected chi connectivity index (χ0v) is 15.3. The largest absolute Gasteiger partial charge is 0.454 e. The SMILES string of the molecule is O=C(NNC(=O)c1ccccc1Cl)c1ccc(Cn2cnc(Cl)c2Cl)o1. The van der Waals surface area contributed by atoms with Gasteiger partial charge in [0.2, 0.25) is 0 Å². The van der Waals surface area contributed by atoms with Crippen molar-refractivity contribution >= 4 is 46.6 Å². The Bertz CT molecular complexity index is 967. The number of nitrogens with one attached hydrogen (secondary N) is 2. The number of benzene rings is 1. The molecule has 7 nitrogen and oxygen atoms in total. The zero-order valence-electron chi connectivity index (χ0n) is 13.0. The van der Waals surface area contributed by atoms with Crippen LogP contribution in [0.4, 0.5) is 0 Å². The molecule has 0 spiro atoms. The third-order valence-corrected chi connectivity index (χ3v) is 4.45. The molecule has 26 heavy (non-hydrogen) atoms. The third-order valence-electron chi connectivity index (χ3n) is 3.35. The van der Waals surface area contributed by atoms with Crippen LogP contribution in [0.25, 0.3) is 0 Å². The fourth-order valence-electron chi connectivity index (χ4n) is 2.09. The lowest BCUT2D eigenvalue weighted by molar-refractivity contribution is 0.0830. The monoisotopic (exact) mass is 412 g/mol. The van der Waals surface area contributed by atoms with Gasteiger partial charge < -0.3 is 8.98 Å². The van der Waals surface area contributed by atoms with E-state index in [0.29, 0.717) is 5.76 Å². The number of carbonyl (C=O) groups excluding carboxylic acids is 2. The Hall–Kier alpha value is -2.48. The van der Waals surface area contributed by atoms with E-state index < -0.39 is 11.8 Å². The Morgan fingerprint density at radius 3 is 2.46 bits per heavy atom. The molecule has 0 saturated carbocycles. The van der Waals surface area contributed by atoms with Crippen LogP contribution >= 0.6 is 34.8 Å². The summed E-state index contributed by atoms with van der Waals surface area (Å²) in [5.74, 6) is -0.688. The van der Waals surface area contributed by atoms with Gasteiger partial charge in [-0.1, -0.05) is 46.9 Å². The highest BCUT2D eigenvalue weighted by Crippen LogP contribution is 2.21. The van der Waals surface area contributed by atoms with E-state index in [1.54, 1.807) is 28.8 Å². The Labute approximate surface area is 162 Å². The van der Waals surface area contributed by atoms with Gasteiger partial charge in [0.05, 0.1) is 23.5 Å². The minimum Gasteiger partial charge on any atom is -0.454 e.